The zero-order valence-corrected chi connectivity index (χ0v) is 21.7. The van der Waals surface area contributed by atoms with Crippen molar-refractivity contribution in [1.29, 1.82) is 0 Å². The van der Waals surface area contributed by atoms with E-state index >= 15 is 0 Å². The number of ether oxygens (including phenoxy) is 2. The standard InChI is InChI=1S/C31H28BN3O2/c1-19-34-30(2,3)31(4,5)35(19)28-15-14-20(18-33-28)21-16-26-29-27(17-21)37-25-13-9-7-11-23(25)32(29)22-10-6-8-12-24(22)36-26/h6-18H,1-5H3. The summed E-state index contributed by atoms with van der Waals surface area (Å²) in [7, 11) is 0. The number of para-hydroxylation sites is 2. The second-order valence-electron chi connectivity index (χ2n) is 11.1. The van der Waals surface area contributed by atoms with E-state index in [0.29, 0.717) is 0 Å². The highest BCUT2D eigenvalue weighted by Gasteiger charge is 2.48. The van der Waals surface area contributed by atoms with Gasteiger partial charge in [0.2, 0.25) is 0 Å². The molecule has 0 saturated heterocycles. The van der Waals surface area contributed by atoms with Crippen molar-refractivity contribution in [3.63, 3.8) is 0 Å². The number of hydrogen-bond acceptors (Lipinski definition) is 5. The largest absolute Gasteiger partial charge is 0.458 e. The average Bonchev–Trinajstić information content (AvgIpc) is 3.04. The first-order valence-electron chi connectivity index (χ1n) is 12.8. The molecule has 0 amide bonds. The smallest absolute Gasteiger partial charge is 0.260 e. The van der Waals surface area contributed by atoms with Crippen LogP contribution in [0.2, 0.25) is 0 Å². The molecule has 0 atom stereocenters. The molecule has 0 bridgehead atoms. The van der Waals surface area contributed by atoms with Gasteiger partial charge in [-0.15, -0.1) is 0 Å². The maximum Gasteiger partial charge on any atom is 0.260 e. The number of aliphatic imine (C=N–C) groups is 1. The highest BCUT2D eigenvalue weighted by Crippen LogP contribution is 2.41. The number of amidine groups is 1. The number of pyridine rings is 1. The number of benzene rings is 3. The maximum atomic E-state index is 6.45. The van der Waals surface area contributed by atoms with Crippen LogP contribution in [0.25, 0.3) is 11.1 Å². The molecule has 3 aromatic carbocycles. The lowest BCUT2D eigenvalue weighted by atomic mass is 9.35. The topological polar surface area (TPSA) is 47.0 Å². The second-order valence-corrected chi connectivity index (χ2v) is 11.1. The molecule has 182 valence electrons. The monoisotopic (exact) mass is 485 g/mol. The number of anilines is 1. The Morgan fingerprint density at radius 3 is 1.84 bits per heavy atom. The molecule has 5 nitrogen and oxygen atoms in total. The van der Waals surface area contributed by atoms with Gasteiger partial charge in [-0.3, -0.25) is 4.99 Å². The number of hydrogen-bond donors (Lipinski definition) is 0. The van der Waals surface area contributed by atoms with Gasteiger partial charge in [-0.1, -0.05) is 36.4 Å². The normalized spacial score (nSPS) is 17.7. The second kappa shape index (κ2) is 7.48. The Bertz CT molecular complexity index is 1540. The summed E-state index contributed by atoms with van der Waals surface area (Å²) in [6, 6.07) is 25.0. The Hall–Kier alpha value is -4.06. The Labute approximate surface area is 217 Å². The van der Waals surface area contributed by atoms with Crippen LogP contribution in [0.15, 0.2) is 84.0 Å². The Morgan fingerprint density at radius 2 is 1.32 bits per heavy atom. The number of aromatic nitrogens is 1. The fourth-order valence-electron chi connectivity index (χ4n) is 5.97. The van der Waals surface area contributed by atoms with Gasteiger partial charge in [0.25, 0.3) is 6.71 Å². The lowest BCUT2D eigenvalue weighted by Gasteiger charge is -2.40. The molecule has 4 aromatic rings. The summed E-state index contributed by atoms with van der Waals surface area (Å²) in [4.78, 5) is 12.0. The molecule has 0 aliphatic carbocycles. The minimum atomic E-state index is -0.198. The van der Waals surface area contributed by atoms with Crippen molar-refractivity contribution >= 4 is 34.8 Å². The molecule has 1 aromatic heterocycles. The third kappa shape index (κ3) is 3.11. The molecule has 4 heterocycles. The van der Waals surface area contributed by atoms with Crippen LogP contribution in [-0.4, -0.2) is 28.6 Å². The summed E-state index contributed by atoms with van der Waals surface area (Å²) < 4.78 is 12.9. The lowest BCUT2D eigenvalue weighted by molar-refractivity contribution is 0.337. The van der Waals surface area contributed by atoms with E-state index in [-0.39, 0.29) is 17.8 Å². The van der Waals surface area contributed by atoms with Gasteiger partial charge in [-0.2, -0.15) is 0 Å². The van der Waals surface area contributed by atoms with Crippen LogP contribution in [-0.2, 0) is 0 Å². The van der Waals surface area contributed by atoms with E-state index in [0.717, 1.165) is 51.2 Å². The van der Waals surface area contributed by atoms with Crippen LogP contribution in [0.4, 0.5) is 5.82 Å². The Balaban J connectivity index is 1.32. The van der Waals surface area contributed by atoms with E-state index in [9.17, 15) is 0 Å². The van der Waals surface area contributed by atoms with Gasteiger partial charge in [0, 0.05) is 17.2 Å². The first-order valence-corrected chi connectivity index (χ1v) is 12.8. The summed E-state index contributed by atoms with van der Waals surface area (Å²) in [6.07, 6.45) is 1.93. The molecular formula is C31H28BN3O2. The molecule has 37 heavy (non-hydrogen) atoms. The number of rotatable bonds is 2. The third-order valence-corrected chi connectivity index (χ3v) is 8.42. The van der Waals surface area contributed by atoms with Crippen LogP contribution in [0.1, 0.15) is 34.6 Å². The molecule has 0 N–H and O–H groups in total. The maximum absolute atomic E-state index is 6.45. The van der Waals surface area contributed by atoms with Crippen LogP contribution < -0.4 is 30.8 Å². The summed E-state index contributed by atoms with van der Waals surface area (Å²) in [6.45, 7) is 10.9. The Kier molecular flexibility index (Phi) is 4.48. The lowest BCUT2D eigenvalue weighted by Crippen LogP contribution is -2.57. The van der Waals surface area contributed by atoms with Crippen molar-refractivity contribution < 1.29 is 9.47 Å². The molecule has 0 spiro atoms. The third-order valence-electron chi connectivity index (χ3n) is 8.42. The molecule has 3 aliphatic rings. The SMILES string of the molecule is CC1=NC(C)(C)C(C)(C)N1c1ccc(-c2cc3c4c(c2)Oc2ccccc2B4c2ccccc2O3)cn1. The van der Waals surface area contributed by atoms with Gasteiger partial charge in [0.1, 0.15) is 34.7 Å². The molecule has 6 heteroatoms. The molecule has 7 rings (SSSR count). The minimum absolute atomic E-state index is 0.0810. The van der Waals surface area contributed by atoms with Gasteiger partial charge in [-0.05, 0) is 87.5 Å². The number of fused-ring (bicyclic) bond motifs is 4. The van der Waals surface area contributed by atoms with Crippen molar-refractivity contribution in [2.75, 3.05) is 4.90 Å². The Morgan fingerprint density at radius 1 is 0.730 bits per heavy atom. The summed E-state index contributed by atoms with van der Waals surface area (Å²) in [5.41, 5.74) is 5.05. The fraction of sp³-hybridized carbons (Fsp3) is 0.226. The minimum Gasteiger partial charge on any atom is -0.458 e. The predicted octanol–water partition coefficient (Wildman–Crippen LogP) is 5.27. The van der Waals surface area contributed by atoms with Crippen molar-refractivity contribution in [3.05, 3.63) is 79.0 Å². The zero-order chi connectivity index (χ0) is 25.5. The first kappa shape index (κ1) is 22.2. The molecule has 0 radical (unpaired) electrons. The van der Waals surface area contributed by atoms with Gasteiger partial charge in [0.15, 0.2) is 0 Å². The molecular weight excluding hydrogens is 457 g/mol. The summed E-state index contributed by atoms with van der Waals surface area (Å²) in [5.74, 6) is 5.33. The van der Waals surface area contributed by atoms with Crippen LogP contribution in [0.3, 0.4) is 0 Å². The van der Waals surface area contributed by atoms with Gasteiger partial charge in [-0.25, -0.2) is 4.98 Å². The van der Waals surface area contributed by atoms with Crippen molar-refractivity contribution in [2.45, 2.75) is 45.7 Å². The van der Waals surface area contributed by atoms with E-state index in [1.807, 2.05) is 30.5 Å². The first-order chi connectivity index (χ1) is 17.7. The van der Waals surface area contributed by atoms with Crippen molar-refractivity contribution in [1.82, 2.24) is 4.98 Å². The van der Waals surface area contributed by atoms with E-state index in [1.165, 1.54) is 10.9 Å². The molecule has 0 saturated carbocycles. The van der Waals surface area contributed by atoms with E-state index in [2.05, 4.69) is 88.0 Å². The highest BCUT2D eigenvalue weighted by atomic mass is 16.5. The van der Waals surface area contributed by atoms with Gasteiger partial charge < -0.3 is 14.4 Å². The molecule has 0 unspecified atom stereocenters. The summed E-state index contributed by atoms with van der Waals surface area (Å²) >= 11 is 0. The fourth-order valence-corrected chi connectivity index (χ4v) is 5.97. The van der Waals surface area contributed by atoms with Crippen LogP contribution in [0.5, 0.6) is 23.0 Å². The summed E-state index contributed by atoms with van der Waals surface area (Å²) in [5, 5.41) is 0. The van der Waals surface area contributed by atoms with E-state index in [4.69, 9.17) is 19.5 Å². The van der Waals surface area contributed by atoms with Gasteiger partial charge in [0.05, 0.1) is 11.1 Å². The van der Waals surface area contributed by atoms with E-state index in [1.54, 1.807) is 0 Å². The average molecular weight is 485 g/mol. The van der Waals surface area contributed by atoms with Crippen molar-refractivity contribution in [2.24, 2.45) is 4.99 Å². The highest BCUT2D eigenvalue weighted by molar-refractivity contribution is 6.98. The van der Waals surface area contributed by atoms with Crippen molar-refractivity contribution in [3.8, 4) is 34.1 Å². The van der Waals surface area contributed by atoms with E-state index < -0.39 is 0 Å². The van der Waals surface area contributed by atoms with Gasteiger partial charge >= 0.3 is 0 Å². The molecule has 0 fully saturated rings. The zero-order valence-electron chi connectivity index (χ0n) is 21.7. The van der Waals surface area contributed by atoms with Crippen LogP contribution >= 0.6 is 0 Å². The molecule has 3 aliphatic heterocycles. The quantitative estimate of drug-likeness (QED) is 0.314. The predicted molar refractivity (Wildman–Crippen MR) is 151 cm³/mol. The number of nitrogens with zero attached hydrogens (tertiary/aromatic N) is 3. The van der Waals surface area contributed by atoms with Crippen LogP contribution in [0, 0.1) is 0 Å².